The van der Waals surface area contributed by atoms with Gasteiger partial charge in [0.2, 0.25) is 0 Å². The van der Waals surface area contributed by atoms with Crippen molar-refractivity contribution in [1.82, 2.24) is 0 Å². The molecule has 0 spiro atoms. The molecule has 1 heterocycles. The number of aromatic nitrogens is 1. The first-order valence-corrected chi connectivity index (χ1v) is 3.38. The fraction of sp³-hybridized carbons (Fsp3) is 0.250. The number of nitrogens with one attached hydrogen (secondary N) is 1. The molecule has 1 aromatic heterocycles. The first kappa shape index (κ1) is 10.9. The lowest BCUT2D eigenvalue weighted by molar-refractivity contribution is -0.687. The maximum atomic E-state index is 10.3. The van der Waals surface area contributed by atoms with Crippen molar-refractivity contribution in [1.29, 1.82) is 5.41 Å². The van der Waals surface area contributed by atoms with Crippen LogP contribution in [-0.4, -0.2) is 5.90 Å². The molecule has 12 heavy (non-hydrogen) atoms. The molecule has 66 valence electrons. The Morgan fingerprint density at radius 2 is 2.00 bits per heavy atom. The van der Waals surface area contributed by atoms with Gasteiger partial charge >= 0.3 is 0 Å². The number of halogens is 1. The van der Waals surface area contributed by atoms with Crippen LogP contribution in [0.4, 0.5) is 0 Å². The van der Waals surface area contributed by atoms with Crippen LogP contribution in [0, 0.1) is 12.3 Å². The second kappa shape index (κ2) is 4.72. The molecule has 0 aliphatic rings. The van der Waals surface area contributed by atoms with Gasteiger partial charge < -0.3 is 10.5 Å². The van der Waals surface area contributed by atoms with Gasteiger partial charge in [0.05, 0.1) is 0 Å². The maximum absolute atomic E-state index is 10.3. The molecule has 0 amide bonds. The second-order valence-corrected chi connectivity index (χ2v) is 2.47. The molecule has 0 bridgehead atoms. The van der Waals surface area contributed by atoms with Crippen molar-refractivity contribution in [2.45, 2.75) is 13.5 Å². The highest BCUT2D eigenvalue weighted by Crippen LogP contribution is 1.88. The van der Waals surface area contributed by atoms with E-state index in [9.17, 15) is 5.11 Å². The summed E-state index contributed by atoms with van der Waals surface area (Å²) in [5.41, 5.74) is 1.15. The maximum Gasteiger partial charge on any atom is 0.176 e. The average Bonchev–Trinajstić information content (AvgIpc) is 1.93. The first-order chi connectivity index (χ1) is 5.18. The average molecular weight is 187 g/mol. The van der Waals surface area contributed by atoms with Crippen molar-refractivity contribution < 1.29 is 9.67 Å². The van der Waals surface area contributed by atoms with Crippen molar-refractivity contribution in [3.8, 4) is 0 Å². The Bertz CT molecular complexity index is 258. The van der Waals surface area contributed by atoms with Crippen LogP contribution < -0.4 is 9.67 Å². The Hall–Kier alpha value is -1.09. The topological polar surface area (TPSA) is 50.8 Å². The Morgan fingerprint density at radius 3 is 2.42 bits per heavy atom. The summed E-state index contributed by atoms with van der Waals surface area (Å²) in [7, 11) is 0. The second-order valence-electron chi connectivity index (χ2n) is 2.47. The Morgan fingerprint density at radius 1 is 1.50 bits per heavy atom. The van der Waals surface area contributed by atoms with Gasteiger partial charge in [-0.25, -0.2) is 4.57 Å². The summed E-state index contributed by atoms with van der Waals surface area (Å²) in [6.07, 6.45) is 3.59. The molecule has 3 nitrogen and oxygen atoms in total. The van der Waals surface area contributed by atoms with Gasteiger partial charge in [-0.3, -0.25) is 0 Å². The highest BCUT2D eigenvalue weighted by molar-refractivity contribution is 5.85. The van der Waals surface area contributed by atoms with Gasteiger partial charge in [0.1, 0.15) is 0 Å². The predicted octanol–water partition coefficient (Wildman–Crippen LogP) is 0.0419. The molecular weight excluding hydrogens is 176 g/mol. The molecule has 4 heteroatoms. The monoisotopic (exact) mass is 186 g/mol. The van der Waals surface area contributed by atoms with E-state index < -0.39 is 5.90 Å². The van der Waals surface area contributed by atoms with Crippen LogP contribution in [0.5, 0.6) is 0 Å². The number of rotatable bonds is 2. The summed E-state index contributed by atoms with van der Waals surface area (Å²) in [5.74, 6) is -0.571. The summed E-state index contributed by atoms with van der Waals surface area (Å²) in [6, 6.07) is 3.81. The van der Waals surface area contributed by atoms with Crippen molar-refractivity contribution in [2.24, 2.45) is 0 Å². The van der Waals surface area contributed by atoms with Crippen LogP contribution in [-0.2, 0) is 6.54 Å². The summed E-state index contributed by atoms with van der Waals surface area (Å²) in [4.78, 5) is 0. The number of hydrogen-bond donors (Lipinski definition) is 1. The lowest BCUT2D eigenvalue weighted by atomic mass is 10.3. The summed E-state index contributed by atoms with van der Waals surface area (Å²) in [5, 5.41) is 17.1. The zero-order valence-corrected chi connectivity index (χ0v) is 7.60. The van der Waals surface area contributed by atoms with Crippen molar-refractivity contribution >= 4 is 18.3 Å². The Balaban J connectivity index is 0.00000121. The number of nitrogens with zero attached hydrogens (tertiary/aromatic N) is 1. The highest BCUT2D eigenvalue weighted by Gasteiger charge is 1.95. The Labute approximate surface area is 77.6 Å². The molecule has 1 rings (SSSR count). The van der Waals surface area contributed by atoms with Crippen molar-refractivity contribution in [3.63, 3.8) is 0 Å². The first-order valence-electron chi connectivity index (χ1n) is 3.38. The molecule has 1 aromatic rings. The molecule has 0 aliphatic heterocycles. The smallest absolute Gasteiger partial charge is 0.176 e. The minimum atomic E-state index is -0.571. The molecule has 0 fully saturated rings. The van der Waals surface area contributed by atoms with Gasteiger partial charge in [-0.2, -0.15) is 0 Å². The van der Waals surface area contributed by atoms with E-state index in [4.69, 9.17) is 5.41 Å². The van der Waals surface area contributed by atoms with Crippen LogP contribution in [0.25, 0.3) is 0 Å². The van der Waals surface area contributed by atoms with E-state index in [1.165, 1.54) is 0 Å². The number of hydrogen-bond acceptors (Lipinski definition) is 2. The van der Waals surface area contributed by atoms with E-state index in [1.807, 2.05) is 19.1 Å². The summed E-state index contributed by atoms with van der Waals surface area (Å²) >= 11 is 0. The molecule has 0 saturated heterocycles. The van der Waals surface area contributed by atoms with Crippen LogP contribution >= 0.6 is 12.4 Å². The lowest BCUT2D eigenvalue weighted by Crippen LogP contribution is -2.41. The summed E-state index contributed by atoms with van der Waals surface area (Å²) < 4.78 is 1.68. The lowest BCUT2D eigenvalue weighted by Gasteiger charge is -2.01. The zero-order valence-electron chi connectivity index (χ0n) is 6.78. The molecule has 0 radical (unpaired) electrons. The highest BCUT2D eigenvalue weighted by atomic mass is 35.5. The van der Waals surface area contributed by atoms with E-state index >= 15 is 0 Å². The van der Waals surface area contributed by atoms with E-state index in [-0.39, 0.29) is 19.0 Å². The van der Waals surface area contributed by atoms with Gasteiger partial charge in [-0.05, 0) is 12.5 Å². The molecule has 0 saturated carbocycles. The van der Waals surface area contributed by atoms with Crippen molar-refractivity contribution in [2.75, 3.05) is 0 Å². The zero-order chi connectivity index (χ0) is 8.27. The molecule has 0 aromatic carbocycles. The molecule has 0 unspecified atom stereocenters. The predicted molar refractivity (Wildman–Crippen MR) is 46.3 cm³/mol. The normalized spacial score (nSPS) is 8.75. The van der Waals surface area contributed by atoms with Gasteiger partial charge in [-0.1, -0.05) is 0 Å². The summed E-state index contributed by atoms with van der Waals surface area (Å²) in [6.45, 7) is 2.12. The van der Waals surface area contributed by atoms with E-state index in [0.29, 0.717) is 0 Å². The minimum absolute atomic E-state index is 0. The van der Waals surface area contributed by atoms with Crippen molar-refractivity contribution in [3.05, 3.63) is 30.1 Å². The fourth-order valence-electron chi connectivity index (χ4n) is 0.803. The van der Waals surface area contributed by atoms with Crippen LogP contribution in [0.3, 0.4) is 0 Å². The van der Waals surface area contributed by atoms with E-state index in [2.05, 4.69) is 0 Å². The number of aryl methyl sites for hydroxylation is 1. The number of pyridine rings is 1. The molecular formula is C8H11ClN2O. The molecule has 0 aliphatic carbocycles. The minimum Gasteiger partial charge on any atom is -0.858 e. The third-order valence-corrected chi connectivity index (χ3v) is 1.38. The molecule has 0 atom stereocenters. The Kier molecular flexibility index (Phi) is 4.29. The van der Waals surface area contributed by atoms with Gasteiger partial charge in [0, 0.05) is 18.0 Å². The van der Waals surface area contributed by atoms with Gasteiger partial charge in [0.15, 0.2) is 18.9 Å². The van der Waals surface area contributed by atoms with Crippen LogP contribution in [0.2, 0.25) is 0 Å². The van der Waals surface area contributed by atoms with Crippen LogP contribution in [0.15, 0.2) is 24.5 Å². The van der Waals surface area contributed by atoms with Gasteiger partial charge in [-0.15, -0.1) is 12.4 Å². The SMILES string of the molecule is Cc1cc[n+](CC(=N)[O-])cc1.Cl. The quantitative estimate of drug-likeness (QED) is 0.396. The largest absolute Gasteiger partial charge is 0.858 e. The third kappa shape index (κ3) is 3.34. The van der Waals surface area contributed by atoms with E-state index in [0.717, 1.165) is 5.56 Å². The van der Waals surface area contributed by atoms with Crippen LogP contribution in [0.1, 0.15) is 5.56 Å². The van der Waals surface area contributed by atoms with Gasteiger partial charge in [0.25, 0.3) is 0 Å². The standard InChI is InChI=1S/C8H10N2O.ClH/c1-7-2-4-10(5-3-7)6-8(9)11;/h2-5H,6H2,1H3,(H-,9,11);1H. The van der Waals surface area contributed by atoms with E-state index in [1.54, 1.807) is 17.0 Å². The fourth-order valence-corrected chi connectivity index (χ4v) is 0.803. The molecule has 1 N–H and O–H groups in total. The third-order valence-electron chi connectivity index (χ3n) is 1.38.